The molecule has 0 aliphatic rings. The highest BCUT2D eigenvalue weighted by molar-refractivity contribution is 5.55. The van der Waals surface area contributed by atoms with E-state index >= 15 is 0 Å². The Morgan fingerprint density at radius 2 is 1.84 bits per heavy atom. The van der Waals surface area contributed by atoms with E-state index in [4.69, 9.17) is 4.52 Å². The summed E-state index contributed by atoms with van der Waals surface area (Å²) in [5, 5.41) is 10.3. The standard InChI is InChI=1S/C13H19N5O/c1-8(2)7-14-11-6-12(16-10(4)15-11)17-13-5-9(3)19-18-13/h5-6,8H,7H2,1-4H3,(H2,14,15,16,17,18). The Bertz CT molecular complexity index is 550. The average molecular weight is 261 g/mol. The van der Waals surface area contributed by atoms with Crippen molar-refractivity contribution in [2.24, 2.45) is 5.92 Å². The number of rotatable bonds is 5. The number of hydrogen-bond donors (Lipinski definition) is 2. The van der Waals surface area contributed by atoms with Crippen molar-refractivity contribution in [3.05, 3.63) is 23.7 Å². The number of hydrogen-bond acceptors (Lipinski definition) is 6. The number of aromatic nitrogens is 3. The summed E-state index contributed by atoms with van der Waals surface area (Å²) >= 11 is 0. The van der Waals surface area contributed by atoms with Gasteiger partial charge in [0.15, 0.2) is 5.82 Å². The fourth-order valence-corrected chi connectivity index (χ4v) is 1.59. The highest BCUT2D eigenvalue weighted by Gasteiger charge is 2.05. The number of nitrogens with one attached hydrogen (secondary N) is 2. The van der Waals surface area contributed by atoms with Crippen molar-refractivity contribution < 1.29 is 4.52 Å². The first kappa shape index (κ1) is 13.3. The van der Waals surface area contributed by atoms with Gasteiger partial charge in [0.1, 0.15) is 23.2 Å². The first-order chi connectivity index (χ1) is 9.02. The molecule has 0 radical (unpaired) electrons. The molecular weight excluding hydrogens is 242 g/mol. The second-order valence-corrected chi connectivity index (χ2v) is 4.91. The van der Waals surface area contributed by atoms with Gasteiger partial charge in [0.25, 0.3) is 0 Å². The van der Waals surface area contributed by atoms with Crippen LogP contribution in [-0.4, -0.2) is 21.7 Å². The highest BCUT2D eigenvalue weighted by atomic mass is 16.5. The van der Waals surface area contributed by atoms with E-state index in [0.717, 1.165) is 18.1 Å². The van der Waals surface area contributed by atoms with Gasteiger partial charge in [-0.1, -0.05) is 19.0 Å². The smallest absolute Gasteiger partial charge is 0.175 e. The van der Waals surface area contributed by atoms with Gasteiger partial charge in [-0.2, -0.15) is 0 Å². The molecule has 2 heterocycles. The zero-order valence-electron chi connectivity index (χ0n) is 11.7. The van der Waals surface area contributed by atoms with Gasteiger partial charge in [0.2, 0.25) is 0 Å². The van der Waals surface area contributed by atoms with E-state index in [1.807, 2.05) is 26.0 Å². The number of aryl methyl sites for hydroxylation is 2. The van der Waals surface area contributed by atoms with Crippen LogP contribution in [0.2, 0.25) is 0 Å². The first-order valence-corrected chi connectivity index (χ1v) is 6.33. The molecule has 0 aliphatic carbocycles. The van der Waals surface area contributed by atoms with Crippen LogP contribution in [0.4, 0.5) is 17.5 Å². The minimum Gasteiger partial charge on any atom is -0.370 e. The molecule has 0 fully saturated rings. The molecule has 0 aromatic carbocycles. The van der Waals surface area contributed by atoms with Gasteiger partial charge < -0.3 is 15.2 Å². The molecular formula is C13H19N5O. The van der Waals surface area contributed by atoms with Gasteiger partial charge in [-0.15, -0.1) is 0 Å². The molecule has 2 aromatic rings. The average Bonchev–Trinajstić information content (AvgIpc) is 2.71. The normalized spacial score (nSPS) is 10.8. The predicted octanol–water partition coefficient (Wildman–Crippen LogP) is 2.89. The minimum absolute atomic E-state index is 0.560. The van der Waals surface area contributed by atoms with Crippen LogP contribution in [0.3, 0.4) is 0 Å². The maximum atomic E-state index is 5.00. The summed E-state index contributed by atoms with van der Waals surface area (Å²) in [7, 11) is 0. The van der Waals surface area contributed by atoms with Gasteiger partial charge in [0, 0.05) is 18.7 Å². The van der Waals surface area contributed by atoms with E-state index in [-0.39, 0.29) is 0 Å². The molecule has 0 unspecified atom stereocenters. The Balaban J connectivity index is 2.12. The molecule has 2 rings (SSSR count). The van der Waals surface area contributed by atoms with Crippen molar-refractivity contribution in [1.82, 2.24) is 15.1 Å². The van der Waals surface area contributed by atoms with Crippen LogP contribution in [0, 0.1) is 19.8 Å². The van der Waals surface area contributed by atoms with E-state index in [2.05, 4.69) is 39.6 Å². The van der Waals surface area contributed by atoms with E-state index in [9.17, 15) is 0 Å². The fraction of sp³-hybridized carbons (Fsp3) is 0.462. The molecule has 0 saturated carbocycles. The molecule has 2 N–H and O–H groups in total. The van der Waals surface area contributed by atoms with Crippen molar-refractivity contribution in [2.45, 2.75) is 27.7 Å². The molecule has 6 nitrogen and oxygen atoms in total. The Morgan fingerprint density at radius 1 is 1.11 bits per heavy atom. The predicted molar refractivity (Wildman–Crippen MR) is 74.6 cm³/mol. The number of nitrogens with zero attached hydrogens (tertiary/aromatic N) is 3. The summed E-state index contributed by atoms with van der Waals surface area (Å²) in [6, 6.07) is 3.68. The van der Waals surface area contributed by atoms with Gasteiger partial charge >= 0.3 is 0 Å². The summed E-state index contributed by atoms with van der Waals surface area (Å²) in [5.74, 6) is 4.18. The van der Waals surface area contributed by atoms with Gasteiger partial charge in [-0.05, 0) is 19.8 Å². The van der Waals surface area contributed by atoms with Crippen LogP contribution < -0.4 is 10.6 Å². The van der Waals surface area contributed by atoms with Gasteiger partial charge in [-0.3, -0.25) is 0 Å². The molecule has 0 bridgehead atoms. The monoisotopic (exact) mass is 261 g/mol. The van der Waals surface area contributed by atoms with Crippen molar-refractivity contribution >= 4 is 17.5 Å². The Labute approximate surface area is 112 Å². The molecule has 2 aromatic heterocycles. The van der Waals surface area contributed by atoms with E-state index in [1.54, 1.807) is 0 Å². The Hall–Kier alpha value is -2.11. The molecule has 0 aliphatic heterocycles. The lowest BCUT2D eigenvalue weighted by atomic mass is 10.2. The summed E-state index contributed by atoms with van der Waals surface area (Å²) in [6.45, 7) is 8.88. The summed E-state index contributed by atoms with van der Waals surface area (Å²) in [6.07, 6.45) is 0. The van der Waals surface area contributed by atoms with E-state index in [1.165, 1.54) is 0 Å². The zero-order chi connectivity index (χ0) is 13.8. The molecule has 6 heteroatoms. The molecule has 0 amide bonds. The van der Waals surface area contributed by atoms with Crippen molar-refractivity contribution in [2.75, 3.05) is 17.2 Å². The Morgan fingerprint density at radius 3 is 2.47 bits per heavy atom. The van der Waals surface area contributed by atoms with Crippen LogP contribution in [0.25, 0.3) is 0 Å². The van der Waals surface area contributed by atoms with Crippen LogP contribution in [0.15, 0.2) is 16.7 Å². The lowest BCUT2D eigenvalue weighted by molar-refractivity contribution is 0.400. The lowest BCUT2D eigenvalue weighted by Crippen LogP contribution is -2.10. The van der Waals surface area contributed by atoms with Gasteiger partial charge in [0.05, 0.1) is 0 Å². The second-order valence-electron chi connectivity index (χ2n) is 4.91. The lowest BCUT2D eigenvalue weighted by Gasteiger charge is -2.10. The minimum atomic E-state index is 0.560. The maximum Gasteiger partial charge on any atom is 0.175 e. The van der Waals surface area contributed by atoms with E-state index < -0.39 is 0 Å². The molecule has 0 atom stereocenters. The van der Waals surface area contributed by atoms with Gasteiger partial charge in [-0.25, -0.2) is 9.97 Å². The SMILES string of the molecule is Cc1nc(NCC(C)C)cc(Nc2cc(C)on2)n1. The summed E-state index contributed by atoms with van der Waals surface area (Å²) in [5.41, 5.74) is 0. The summed E-state index contributed by atoms with van der Waals surface area (Å²) in [4.78, 5) is 8.67. The van der Waals surface area contributed by atoms with Crippen LogP contribution in [-0.2, 0) is 0 Å². The third kappa shape index (κ3) is 3.94. The zero-order valence-corrected chi connectivity index (χ0v) is 11.7. The molecule has 102 valence electrons. The third-order valence-corrected chi connectivity index (χ3v) is 2.41. The quantitative estimate of drug-likeness (QED) is 0.862. The highest BCUT2D eigenvalue weighted by Crippen LogP contribution is 2.17. The molecule has 19 heavy (non-hydrogen) atoms. The van der Waals surface area contributed by atoms with Crippen molar-refractivity contribution in [3.8, 4) is 0 Å². The Kier molecular flexibility index (Phi) is 3.99. The molecule has 0 spiro atoms. The topological polar surface area (TPSA) is 75.9 Å². The van der Waals surface area contributed by atoms with Crippen LogP contribution in [0.1, 0.15) is 25.4 Å². The number of anilines is 3. The maximum absolute atomic E-state index is 5.00. The third-order valence-electron chi connectivity index (χ3n) is 2.41. The van der Waals surface area contributed by atoms with Crippen molar-refractivity contribution in [3.63, 3.8) is 0 Å². The van der Waals surface area contributed by atoms with Crippen molar-refractivity contribution in [1.29, 1.82) is 0 Å². The molecule has 0 saturated heterocycles. The fourth-order valence-electron chi connectivity index (χ4n) is 1.59. The largest absolute Gasteiger partial charge is 0.370 e. The summed E-state index contributed by atoms with van der Waals surface area (Å²) < 4.78 is 5.00. The second kappa shape index (κ2) is 5.69. The van der Waals surface area contributed by atoms with Crippen LogP contribution in [0.5, 0.6) is 0 Å². The van der Waals surface area contributed by atoms with E-state index in [0.29, 0.717) is 23.4 Å². The first-order valence-electron chi connectivity index (χ1n) is 6.33. The van der Waals surface area contributed by atoms with Crippen LogP contribution >= 0.6 is 0 Å².